The average Bonchev–Trinajstić information content (AvgIpc) is 2.41. The van der Waals surface area contributed by atoms with E-state index in [0.717, 1.165) is 5.02 Å². The second-order valence-corrected chi connectivity index (χ2v) is 5.71. The van der Waals surface area contributed by atoms with Crippen LogP contribution in [0.5, 0.6) is 0 Å². The van der Waals surface area contributed by atoms with Crippen molar-refractivity contribution < 1.29 is 0 Å². The minimum atomic E-state index is 0.595. The van der Waals surface area contributed by atoms with E-state index >= 15 is 0 Å². The van der Waals surface area contributed by atoms with E-state index in [-0.39, 0.29) is 0 Å². The van der Waals surface area contributed by atoms with Crippen LogP contribution >= 0.6 is 11.6 Å². The van der Waals surface area contributed by atoms with E-state index in [2.05, 4.69) is 64.1 Å². The Morgan fingerprint density at radius 1 is 0.632 bits per heavy atom. The summed E-state index contributed by atoms with van der Waals surface area (Å²) < 4.78 is 0. The molecule has 0 saturated carbocycles. The molecule has 0 amide bonds. The number of hydrogen-bond acceptors (Lipinski definition) is 0. The molecule has 0 aliphatic rings. The predicted octanol–water partition coefficient (Wildman–Crippen LogP) is 6.27. The zero-order valence-corrected chi connectivity index (χ0v) is 13.0. The highest BCUT2D eigenvalue weighted by molar-refractivity contribution is 6.30. The summed E-state index contributed by atoms with van der Waals surface area (Å²) in [5.74, 6) is 1.25. The van der Waals surface area contributed by atoms with Crippen molar-refractivity contribution in [3.05, 3.63) is 70.7 Å². The average molecular weight is 275 g/mol. The lowest BCUT2D eigenvalue weighted by Gasteiger charge is -2.03. The fourth-order valence-corrected chi connectivity index (χ4v) is 1.81. The third-order valence-electron chi connectivity index (χ3n) is 3.00. The lowest BCUT2D eigenvalue weighted by atomic mass is 10.0. The molecule has 0 aromatic heterocycles. The Labute approximate surface area is 122 Å². The molecule has 0 unspecified atom stereocenters. The minimum absolute atomic E-state index is 0.595. The molecule has 0 aliphatic heterocycles. The van der Waals surface area contributed by atoms with E-state index in [1.165, 1.54) is 11.1 Å². The molecular weight excluding hydrogens is 252 g/mol. The molecule has 0 spiro atoms. The van der Waals surface area contributed by atoms with Gasteiger partial charge in [0.25, 0.3) is 0 Å². The highest BCUT2D eigenvalue weighted by Crippen LogP contribution is 2.16. The van der Waals surface area contributed by atoms with Crippen molar-refractivity contribution in [2.75, 3.05) is 0 Å². The van der Waals surface area contributed by atoms with Gasteiger partial charge in [-0.3, -0.25) is 0 Å². The van der Waals surface area contributed by atoms with Gasteiger partial charge < -0.3 is 0 Å². The fraction of sp³-hybridized carbons (Fsp3) is 0.333. The van der Waals surface area contributed by atoms with E-state index in [1.807, 2.05) is 18.2 Å². The summed E-state index contributed by atoms with van der Waals surface area (Å²) in [6, 6.07) is 18.5. The molecule has 0 aliphatic carbocycles. The highest BCUT2D eigenvalue weighted by atomic mass is 35.5. The second-order valence-electron chi connectivity index (χ2n) is 5.27. The third kappa shape index (κ3) is 5.94. The smallest absolute Gasteiger partial charge is 0.0406 e. The molecule has 2 aromatic carbocycles. The standard InChI is InChI=1S/C9H11Cl.C9H12/c1-7(2)8-3-5-9(10)6-4-8;1-8(2)9-6-4-3-5-7-9/h3-7H,1-2H3;3-8H,1-2H3. The van der Waals surface area contributed by atoms with E-state index in [0.29, 0.717) is 11.8 Å². The van der Waals surface area contributed by atoms with Crippen molar-refractivity contribution in [1.29, 1.82) is 0 Å². The molecule has 0 heterocycles. The number of halogens is 1. The first-order valence-electron chi connectivity index (χ1n) is 6.81. The summed E-state index contributed by atoms with van der Waals surface area (Å²) >= 11 is 5.72. The van der Waals surface area contributed by atoms with Gasteiger partial charge in [-0.25, -0.2) is 0 Å². The fourth-order valence-electron chi connectivity index (χ4n) is 1.69. The molecule has 2 rings (SSSR count). The monoisotopic (exact) mass is 274 g/mol. The Morgan fingerprint density at radius 3 is 1.42 bits per heavy atom. The Bertz CT molecular complexity index is 455. The Balaban J connectivity index is 0.000000191. The van der Waals surface area contributed by atoms with Crippen molar-refractivity contribution in [1.82, 2.24) is 0 Å². The first kappa shape index (κ1) is 15.8. The maximum atomic E-state index is 5.72. The minimum Gasteiger partial charge on any atom is -0.0843 e. The van der Waals surface area contributed by atoms with Crippen molar-refractivity contribution in [3.63, 3.8) is 0 Å². The van der Waals surface area contributed by atoms with Crippen LogP contribution in [0.25, 0.3) is 0 Å². The zero-order chi connectivity index (χ0) is 14.3. The van der Waals surface area contributed by atoms with Crippen molar-refractivity contribution >= 4 is 11.6 Å². The molecular formula is C18H23Cl. The van der Waals surface area contributed by atoms with Crippen LogP contribution in [0.1, 0.15) is 50.7 Å². The third-order valence-corrected chi connectivity index (χ3v) is 3.25. The van der Waals surface area contributed by atoms with Crippen molar-refractivity contribution in [2.24, 2.45) is 0 Å². The van der Waals surface area contributed by atoms with Crippen LogP contribution in [0.15, 0.2) is 54.6 Å². The first-order chi connectivity index (χ1) is 9.00. The Kier molecular flexibility index (Phi) is 6.66. The van der Waals surface area contributed by atoms with Crippen molar-refractivity contribution in [2.45, 2.75) is 39.5 Å². The van der Waals surface area contributed by atoms with Crippen LogP contribution in [0.3, 0.4) is 0 Å². The molecule has 0 radical (unpaired) electrons. The quantitative estimate of drug-likeness (QED) is 0.605. The van der Waals surface area contributed by atoms with E-state index in [9.17, 15) is 0 Å². The van der Waals surface area contributed by atoms with Crippen LogP contribution in [-0.2, 0) is 0 Å². The Morgan fingerprint density at radius 2 is 1.05 bits per heavy atom. The topological polar surface area (TPSA) is 0 Å². The zero-order valence-electron chi connectivity index (χ0n) is 12.2. The van der Waals surface area contributed by atoms with Gasteiger partial charge in [0.2, 0.25) is 0 Å². The molecule has 0 saturated heterocycles. The highest BCUT2D eigenvalue weighted by Gasteiger charge is 1.96. The molecule has 0 fully saturated rings. The molecule has 102 valence electrons. The number of rotatable bonds is 2. The summed E-state index contributed by atoms with van der Waals surface area (Å²) in [5, 5.41) is 0.810. The van der Waals surface area contributed by atoms with Gasteiger partial charge in [0, 0.05) is 5.02 Å². The van der Waals surface area contributed by atoms with Crippen LogP contribution in [0.2, 0.25) is 5.02 Å². The first-order valence-corrected chi connectivity index (χ1v) is 7.19. The molecule has 1 heteroatoms. The van der Waals surface area contributed by atoms with Gasteiger partial charge in [0.1, 0.15) is 0 Å². The number of hydrogen-bond donors (Lipinski definition) is 0. The Hall–Kier alpha value is -1.27. The van der Waals surface area contributed by atoms with Gasteiger partial charge in [-0.1, -0.05) is 81.8 Å². The summed E-state index contributed by atoms with van der Waals surface area (Å²) in [4.78, 5) is 0. The summed E-state index contributed by atoms with van der Waals surface area (Å²) in [6.45, 7) is 8.75. The number of benzene rings is 2. The molecule has 2 aromatic rings. The normalized spacial score (nSPS) is 10.3. The lowest BCUT2D eigenvalue weighted by molar-refractivity contribution is 0.867. The molecule has 0 N–H and O–H groups in total. The maximum Gasteiger partial charge on any atom is 0.0406 e. The predicted molar refractivity (Wildman–Crippen MR) is 86.1 cm³/mol. The molecule has 19 heavy (non-hydrogen) atoms. The van der Waals surface area contributed by atoms with Gasteiger partial charge in [-0.05, 0) is 35.1 Å². The SMILES string of the molecule is CC(C)c1ccc(Cl)cc1.CC(C)c1ccccc1. The van der Waals surface area contributed by atoms with E-state index < -0.39 is 0 Å². The van der Waals surface area contributed by atoms with E-state index in [4.69, 9.17) is 11.6 Å². The van der Waals surface area contributed by atoms with Gasteiger partial charge in [-0.2, -0.15) is 0 Å². The largest absolute Gasteiger partial charge is 0.0843 e. The molecule has 0 bridgehead atoms. The van der Waals surface area contributed by atoms with Crippen LogP contribution in [0, 0.1) is 0 Å². The second kappa shape index (κ2) is 8.01. The van der Waals surface area contributed by atoms with Crippen LogP contribution in [0.4, 0.5) is 0 Å². The van der Waals surface area contributed by atoms with Crippen LogP contribution in [-0.4, -0.2) is 0 Å². The summed E-state index contributed by atoms with van der Waals surface area (Å²) in [7, 11) is 0. The van der Waals surface area contributed by atoms with Gasteiger partial charge in [0.05, 0.1) is 0 Å². The van der Waals surface area contributed by atoms with Crippen molar-refractivity contribution in [3.8, 4) is 0 Å². The maximum absolute atomic E-state index is 5.72. The van der Waals surface area contributed by atoms with Gasteiger partial charge >= 0.3 is 0 Å². The lowest BCUT2D eigenvalue weighted by Crippen LogP contribution is -1.84. The summed E-state index contributed by atoms with van der Waals surface area (Å²) in [5.41, 5.74) is 2.75. The summed E-state index contributed by atoms with van der Waals surface area (Å²) in [6.07, 6.45) is 0. The van der Waals surface area contributed by atoms with Gasteiger partial charge in [0.15, 0.2) is 0 Å². The van der Waals surface area contributed by atoms with E-state index in [1.54, 1.807) is 0 Å². The molecule has 0 nitrogen and oxygen atoms in total. The molecule has 0 atom stereocenters. The van der Waals surface area contributed by atoms with Gasteiger partial charge in [-0.15, -0.1) is 0 Å². The van der Waals surface area contributed by atoms with Crippen LogP contribution < -0.4 is 0 Å².